The first kappa shape index (κ1) is 26.0. The summed E-state index contributed by atoms with van der Waals surface area (Å²) < 4.78 is 25.6. The number of hydrogen-bond donors (Lipinski definition) is 1. The SMILES string of the molecule is C[C@H]1[C@H](CC(O[Si](C)(C)C(C)(C)C)c2ccc(C(C)(C)O)o2)C(C)(C)CCC12OCCO2. The zero-order valence-electron chi connectivity index (χ0n) is 22.0. The standard InChI is InChI=1S/C26H46O5Si/c1-18-19(24(5,6)13-14-26(18)28-15-16-29-26)17-21(31-32(9,10)23(2,3)4)20-11-12-22(30-20)25(7,8)27/h11-12,18-19,21,27H,13-17H2,1-10H3/t18-,19-,21?/m0/s1. The molecule has 1 unspecified atom stereocenters. The minimum Gasteiger partial charge on any atom is -0.460 e. The number of furan rings is 1. The molecule has 32 heavy (non-hydrogen) atoms. The quantitative estimate of drug-likeness (QED) is 0.468. The fraction of sp³-hybridized carbons (Fsp3) is 0.846. The predicted octanol–water partition coefficient (Wildman–Crippen LogP) is 6.78. The highest BCUT2D eigenvalue weighted by Gasteiger charge is 2.54. The van der Waals surface area contributed by atoms with E-state index in [-0.39, 0.29) is 22.5 Å². The Morgan fingerprint density at radius 3 is 2.19 bits per heavy atom. The minimum atomic E-state index is -2.07. The first-order valence-electron chi connectivity index (χ1n) is 12.3. The molecule has 5 nitrogen and oxygen atoms in total. The Kier molecular flexibility index (Phi) is 6.91. The molecule has 1 aliphatic heterocycles. The Bertz CT molecular complexity index is 777. The smallest absolute Gasteiger partial charge is 0.193 e. The van der Waals surface area contributed by atoms with Crippen LogP contribution in [0.4, 0.5) is 0 Å². The summed E-state index contributed by atoms with van der Waals surface area (Å²) >= 11 is 0. The number of hydrogen-bond acceptors (Lipinski definition) is 5. The highest BCUT2D eigenvalue weighted by Crippen LogP contribution is 2.55. The average Bonchev–Trinajstić information content (AvgIpc) is 3.30. The average molecular weight is 467 g/mol. The van der Waals surface area contributed by atoms with Gasteiger partial charge in [-0.05, 0) is 68.3 Å². The predicted molar refractivity (Wildman–Crippen MR) is 130 cm³/mol. The van der Waals surface area contributed by atoms with E-state index in [1.54, 1.807) is 13.8 Å². The molecule has 0 bridgehead atoms. The second-order valence-electron chi connectivity index (χ2n) is 12.8. The van der Waals surface area contributed by atoms with Gasteiger partial charge in [0.1, 0.15) is 23.2 Å². The van der Waals surface area contributed by atoms with Crippen LogP contribution in [0.2, 0.25) is 18.1 Å². The Morgan fingerprint density at radius 1 is 1.09 bits per heavy atom. The van der Waals surface area contributed by atoms with Gasteiger partial charge in [0.2, 0.25) is 0 Å². The van der Waals surface area contributed by atoms with Crippen molar-refractivity contribution in [3.8, 4) is 0 Å². The van der Waals surface area contributed by atoms with E-state index >= 15 is 0 Å². The van der Waals surface area contributed by atoms with Gasteiger partial charge in [0.25, 0.3) is 0 Å². The molecule has 1 aliphatic carbocycles. The molecule has 1 N–H and O–H groups in total. The summed E-state index contributed by atoms with van der Waals surface area (Å²) in [6.07, 6.45) is 2.67. The Balaban J connectivity index is 1.96. The molecule has 2 fully saturated rings. The highest BCUT2D eigenvalue weighted by molar-refractivity contribution is 6.74. The van der Waals surface area contributed by atoms with E-state index in [9.17, 15) is 5.11 Å². The van der Waals surface area contributed by atoms with E-state index in [2.05, 4.69) is 54.6 Å². The van der Waals surface area contributed by atoms with Gasteiger partial charge in [0.15, 0.2) is 14.1 Å². The maximum atomic E-state index is 10.5. The van der Waals surface area contributed by atoms with Gasteiger partial charge in [-0.3, -0.25) is 0 Å². The van der Waals surface area contributed by atoms with Crippen molar-refractivity contribution < 1.29 is 23.4 Å². The fourth-order valence-electron chi connectivity index (χ4n) is 5.13. The van der Waals surface area contributed by atoms with Gasteiger partial charge >= 0.3 is 0 Å². The third-order valence-electron chi connectivity index (χ3n) is 8.45. The van der Waals surface area contributed by atoms with Crippen LogP contribution in [0.25, 0.3) is 0 Å². The monoisotopic (exact) mass is 466 g/mol. The first-order chi connectivity index (χ1) is 14.5. The number of rotatable bonds is 6. The van der Waals surface area contributed by atoms with E-state index in [0.717, 1.165) is 25.0 Å². The van der Waals surface area contributed by atoms with Gasteiger partial charge < -0.3 is 23.4 Å². The molecule has 2 heterocycles. The second kappa shape index (κ2) is 8.53. The Morgan fingerprint density at radius 2 is 1.69 bits per heavy atom. The highest BCUT2D eigenvalue weighted by atomic mass is 28.4. The summed E-state index contributed by atoms with van der Waals surface area (Å²) in [5.41, 5.74) is -0.881. The van der Waals surface area contributed by atoms with Crippen LogP contribution in [0.1, 0.15) is 92.3 Å². The van der Waals surface area contributed by atoms with Crippen LogP contribution < -0.4 is 0 Å². The molecule has 1 saturated heterocycles. The van der Waals surface area contributed by atoms with Crippen LogP contribution in [0.3, 0.4) is 0 Å². The minimum absolute atomic E-state index is 0.0868. The molecule has 0 aromatic carbocycles. The zero-order chi connectivity index (χ0) is 24.2. The maximum absolute atomic E-state index is 10.5. The molecule has 0 amide bonds. The van der Waals surface area contributed by atoms with Crippen molar-refractivity contribution >= 4 is 8.32 Å². The lowest BCUT2D eigenvalue weighted by Crippen LogP contribution is -2.52. The molecule has 184 valence electrons. The molecular weight excluding hydrogens is 420 g/mol. The van der Waals surface area contributed by atoms with Crippen LogP contribution in [0.15, 0.2) is 16.5 Å². The maximum Gasteiger partial charge on any atom is 0.193 e. The molecule has 0 radical (unpaired) electrons. The van der Waals surface area contributed by atoms with Crippen LogP contribution in [0.5, 0.6) is 0 Å². The van der Waals surface area contributed by atoms with Crippen LogP contribution in [-0.2, 0) is 19.5 Å². The normalized spacial score (nSPS) is 27.1. The second-order valence-corrected chi connectivity index (χ2v) is 17.5. The van der Waals surface area contributed by atoms with Gasteiger partial charge in [-0.2, -0.15) is 0 Å². The number of ether oxygens (including phenoxy) is 2. The van der Waals surface area contributed by atoms with Gasteiger partial charge in [-0.15, -0.1) is 0 Å². The molecule has 3 rings (SSSR count). The Hall–Kier alpha value is -0.663. The lowest BCUT2D eigenvalue weighted by Gasteiger charge is -2.52. The van der Waals surface area contributed by atoms with Crippen molar-refractivity contribution in [2.45, 2.75) is 110 Å². The van der Waals surface area contributed by atoms with E-state index in [1.807, 2.05) is 12.1 Å². The largest absolute Gasteiger partial charge is 0.460 e. The van der Waals surface area contributed by atoms with Gasteiger partial charge in [0, 0.05) is 12.3 Å². The lowest BCUT2D eigenvalue weighted by molar-refractivity contribution is -0.242. The van der Waals surface area contributed by atoms with Gasteiger partial charge in [-0.25, -0.2) is 0 Å². The number of aliphatic hydroxyl groups is 1. The van der Waals surface area contributed by atoms with Crippen molar-refractivity contribution in [1.82, 2.24) is 0 Å². The van der Waals surface area contributed by atoms with Crippen molar-refractivity contribution in [2.24, 2.45) is 17.3 Å². The molecule has 1 spiro atoms. The van der Waals surface area contributed by atoms with E-state index in [1.165, 1.54) is 0 Å². The van der Waals surface area contributed by atoms with Crippen molar-refractivity contribution in [1.29, 1.82) is 0 Å². The zero-order valence-corrected chi connectivity index (χ0v) is 23.0. The summed E-state index contributed by atoms with van der Waals surface area (Å²) in [4.78, 5) is 0. The van der Waals surface area contributed by atoms with Crippen LogP contribution in [-0.4, -0.2) is 32.4 Å². The third-order valence-corrected chi connectivity index (χ3v) is 12.9. The molecule has 1 saturated carbocycles. The lowest BCUT2D eigenvalue weighted by atomic mass is 9.60. The summed E-state index contributed by atoms with van der Waals surface area (Å²) in [7, 11) is -2.07. The molecule has 3 atom stereocenters. The first-order valence-corrected chi connectivity index (χ1v) is 15.2. The van der Waals surface area contributed by atoms with E-state index in [4.69, 9.17) is 18.3 Å². The topological polar surface area (TPSA) is 61.1 Å². The van der Waals surface area contributed by atoms with Crippen LogP contribution in [0, 0.1) is 17.3 Å². The summed E-state index contributed by atoms with van der Waals surface area (Å²) in [6.45, 7) is 23.3. The van der Waals surface area contributed by atoms with E-state index < -0.39 is 19.7 Å². The van der Waals surface area contributed by atoms with Gasteiger partial charge in [-0.1, -0.05) is 41.5 Å². The molecule has 2 aliphatic rings. The van der Waals surface area contributed by atoms with Crippen molar-refractivity contribution in [3.05, 3.63) is 23.7 Å². The van der Waals surface area contributed by atoms with Gasteiger partial charge in [0.05, 0.1) is 13.2 Å². The molecular formula is C26H46O5Si. The molecule has 1 aromatic rings. The molecule has 1 aromatic heterocycles. The summed E-state index contributed by atoms with van der Waals surface area (Å²) in [5.74, 6) is 1.51. The summed E-state index contributed by atoms with van der Waals surface area (Å²) in [6, 6.07) is 3.88. The summed E-state index contributed by atoms with van der Waals surface area (Å²) in [5, 5.41) is 10.6. The third kappa shape index (κ3) is 5.04. The van der Waals surface area contributed by atoms with Crippen molar-refractivity contribution in [2.75, 3.05) is 13.2 Å². The fourth-order valence-corrected chi connectivity index (χ4v) is 6.41. The molecule has 6 heteroatoms. The van der Waals surface area contributed by atoms with E-state index in [0.29, 0.717) is 24.9 Å². The Labute approximate surface area is 196 Å². The van der Waals surface area contributed by atoms with Crippen LogP contribution >= 0.6 is 0 Å². The van der Waals surface area contributed by atoms with Crippen molar-refractivity contribution in [3.63, 3.8) is 0 Å².